The van der Waals surface area contributed by atoms with Crippen molar-refractivity contribution in [2.45, 2.75) is 25.3 Å². The van der Waals surface area contributed by atoms with Gasteiger partial charge in [0.2, 0.25) is 0 Å². The van der Waals surface area contributed by atoms with Crippen LogP contribution in [0.5, 0.6) is 0 Å². The van der Waals surface area contributed by atoms with Crippen LogP contribution in [-0.4, -0.2) is 0 Å². The fraction of sp³-hybridized carbons (Fsp3) is 0.538. The number of hydrogen-bond donors (Lipinski definition) is 1. The Morgan fingerprint density at radius 1 is 1.35 bits per heavy atom. The van der Waals surface area contributed by atoms with Crippen molar-refractivity contribution in [2.75, 3.05) is 0 Å². The van der Waals surface area contributed by atoms with E-state index in [-0.39, 0.29) is 11.9 Å². The predicted molar refractivity (Wildman–Crippen MR) is 70.4 cm³/mol. The molecule has 3 atom stereocenters. The van der Waals surface area contributed by atoms with E-state index in [2.05, 4.69) is 15.9 Å². The first-order valence-electron chi connectivity index (χ1n) is 5.99. The Labute approximate surface area is 114 Å². The average molecular weight is 319 g/mol. The minimum absolute atomic E-state index is 0.198. The first-order valence-corrected chi connectivity index (χ1v) is 7.16. The smallest absolute Gasteiger partial charge is 0.129 e. The molecule has 0 saturated heterocycles. The van der Waals surface area contributed by atoms with Gasteiger partial charge in [-0.05, 0) is 58.7 Å². The minimum atomic E-state index is -0.251. The first kappa shape index (κ1) is 11.9. The van der Waals surface area contributed by atoms with Gasteiger partial charge in [-0.25, -0.2) is 4.39 Å². The van der Waals surface area contributed by atoms with Gasteiger partial charge >= 0.3 is 0 Å². The molecule has 4 heteroatoms. The summed E-state index contributed by atoms with van der Waals surface area (Å²) in [6.45, 7) is 0. The Morgan fingerprint density at radius 2 is 2.00 bits per heavy atom. The maximum Gasteiger partial charge on any atom is 0.129 e. The van der Waals surface area contributed by atoms with Crippen LogP contribution in [0.1, 0.15) is 30.9 Å². The normalized spacial score (nSPS) is 32.4. The third-order valence-electron chi connectivity index (χ3n) is 4.29. The van der Waals surface area contributed by atoms with Gasteiger partial charge in [0.05, 0.1) is 5.02 Å². The zero-order valence-electron chi connectivity index (χ0n) is 9.30. The van der Waals surface area contributed by atoms with Crippen LogP contribution in [0, 0.1) is 23.6 Å². The predicted octanol–water partition coefficient (Wildman–Crippen LogP) is 4.29. The lowest BCUT2D eigenvalue weighted by Crippen LogP contribution is -2.17. The number of nitrogens with two attached hydrogens (primary N) is 1. The van der Waals surface area contributed by atoms with E-state index >= 15 is 0 Å². The van der Waals surface area contributed by atoms with Crippen molar-refractivity contribution >= 4 is 27.5 Å². The van der Waals surface area contributed by atoms with Crippen molar-refractivity contribution in [2.24, 2.45) is 23.5 Å². The van der Waals surface area contributed by atoms with E-state index < -0.39 is 0 Å². The zero-order valence-corrected chi connectivity index (χ0v) is 11.6. The molecular formula is C13H14BrClFN. The molecule has 0 bridgehead atoms. The highest BCUT2D eigenvalue weighted by molar-refractivity contribution is 9.10. The largest absolute Gasteiger partial charge is 0.324 e. The maximum absolute atomic E-state index is 13.9. The van der Waals surface area contributed by atoms with Crippen LogP contribution in [0.15, 0.2) is 16.6 Å². The number of halogens is 3. The summed E-state index contributed by atoms with van der Waals surface area (Å²) in [5.41, 5.74) is 6.76. The van der Waals surface area contributed by atoms with E-state index in [0.29, 0.717) is 21.0 Å². The molecular weight excluding hydrogens is 305 g/mol. The van der Waals surface area contributed by atoms with Crippen LogP contribution in [-0.2, 0) is 0 Å². The third kappa shape index (κ3) is 1.92. The lowest BCUT2D eigenvalue weighted by molar-refractivity contribution is 0.480. The van der Waals surface area contributed by atoms with E-state index in [1.165, 1.54) is 25.3 Å². The fourth-order valence-corrected chi connectivity index (χ4v) is 3.90. The maximum atomic E-state index is 13.9. The van der Waals surface area contributed by atoms with Gasteiger partial charge in [-0.1, -0.05) is 18.0 Å². The summed E-state index contributed by atoms with van der Waals surface area (Å²) >= 11 is 9.22. The number of hydrogen-bond acceptors (Lipinski definition) is 1. The fourth-order valence-electron chi connectivity index (χ4n) is 3.41. The van der Waals surface area contributed by atoms with Crippen molar-refractivity contribution in [3.05, 3.63) is 33.0 Å². The Kier molecular flexibility index (Phi) is 2.96. The lowest BCUT2D eigenvalue weighted by atomic mass is 9.97. The molecule has 2 aliphatic rings. The van der Waals surface area contributed by atoms with Gasteiger partial charge in [0.15, 0.2) is 0 Å². The SMILES string of the molecule is NC(c1cc(Cl)c(Br)cc1F)C1C2CCCC21. The molecule has 0 aliphatic heterocycles. The summed E-state index contributed by atoms with van der Waals surface area (Å²) in [4.78, 5) is 0. The van der Waals surface area contributed by atoms with Crippen LogP contribution in [0.25, 0.3) is 0 Å². The highest BCUT2D eigenvalue weighted by Gasteiger charge is 2.55. The summed E-state index contributed by atoms with van der Waals surface area (Å²) in [5.74, 6) is 1.67. The van der Waals surface area contributed by atoms with Crippen molar-refractivity contribution in [1.82, 2.24) is 0 Å². The Hall–Kier alpha value is -0.120. The minimum Gasteiger partial charge on any atom is -0.324 e. The van der Waals surface area contributed by atoms with Crippen LogP contribution in [0.4, 0.5) is 4.39 Å². The molecule has 2 saturated carbocycles. The molecule has 0 spiro atoms. The molecule has 2 N–H and O–H groups in total. The van der Waals surface area contributed by atoms with Crippen molar-refractivity contribution in [1.29, 1.82) is 0 Å². The number of fused-ring (bicyclic) bond motifs is 1. The second-order valence-electron chi connectivity index (χ2n) is 5.15. The zero-order chi connectivity index (χ0) is 12.2. The monoisotopic (exact) mass is 317 g/mol. The molecule has 2 aliphatic carbocycles. The first-order chi connectivity index (χ1) is 8.09. The molecule has 0 amide bonds. The second-order valence-corrected chi connectivity index (χ2v) is 6.41. The molecule has 1 aromatic rings. The van der Waals surface area contributed by atoms with Gasteiger partial charge in [0, 0.05) is 16.1 Å². The van der Waals surface area contributed by atoms with Crippen LogP contribution >= 0.6 is 27.5 Å². The Morgan fingerprint density at radius 3 is 2.65 bits per heavy atom. The molecule has 2 fully saturated rings. The molecule has 1 nitrogen and oxygen atoms in total. The molecule has 3 rings (SSSR count). The van der Waals surface area contributed by atoms with Gasteiger partial charge in [0.1, 0.15) is 5.82 Å². The van der Waals surface area contributed by atoms with Crippen LogP contribution in [0.3, 0.4) is 0 Å². The molecule has 0 radical (unpaired) electrons. The summed E-state index contributed by atoms with van der Waals surface area (Å²) in [6, 6.07) is 2.88. The van der Waals surface area contributed by atoms with E-state index in [1.54, 1.807) is 6.07 Å². The van der Waals surface area contributed by atoms with Crippen LogP contribution < -0.4 is 5.73 Å². The van der Waals surface area contributed by atoms with Crippen molar-refractivity contribution in [3.8, 4) is 0 Å². The van der Waals surface area contributed by atoms with Crippen molar-refractivity contribution < 1.29 is 4.39 Å². The van der Waals surface area contributed by atoms with E-state index in [0.717, 1.165) is 11.8 Å². The van der Waals surface area contributed by atoms with Gasteiger partial charge in [-0.2, -0.15) is 0 Å². The Bertz CT molecular complexity index is 455. The van der Waals surface area contributed by atoms with E-state index in [1.807, 2.05) is 0 Å². The number of rotatable bonds is 2. The molecule has 0 heterocycles. The van der Waals surface area contributed by atoms with Gasteiger partial charge in [-0.15, -0.1) is 0 Å². The van der Waals surface area contributed by atoms with Crippen molar-refractivity contribution in [3.63, 3.8) is 0 Å². The van der Waals surface area contributed by atoms with Gasteiger partial charge in [0.25, 0.3) is 0 Å². The highest BCUT2D eigenvalue weighted by Crippen LogP contribution is 2.61. The topological polar surface area (TPSA) is 26.0 Å². The number of benzene rings is 1. The molecule has 3 unspecified atom stereocenters. The highest BCUT2D eigenvalue weighted by atomic mass is 79.9. The standard InChI is InChI=1S/C13H14BrClFN/c14-9-5-11(16)8(4-10(9)15)13(17)12-6-2-1-3-7(6)12/h4-7,12-13H,1-3,17H2. The average Bonchev–Trinajstić information content (AvgIpc) is 2.76. The van der Waals surface area contributed by atoms with Gasteiger partial charge < -0.3 is 5.73 Å². The van der Waals surface area contributed by atoms with E-state index in [4.69, 9.17) is 17.3 Å². The second kappa shape index (κ2) is 4.22. The molecule has 17 heavy (non-hydrogen) atoms. The molecule has 92 valence electrons. The Balaban J connectivity index is 1.87. The third-order valence-corrected chi connectivity index (χ3v) is 5.48. The summed E-state index contributed by atoms with van der Waals surface area (Å²) < 4.78 is 14.5. The van der Waals surface area contributed by atoms with Gasteiger partial charge in [-0.3, -0.25) is 0 Å². The van der Waals surface area contributed by atoms with E-state index in [9.17, 15) is 4.39 Å². The molecule has 1 aromatic carbocycles. The summed E-state index contributed by atoms with van der Waals surface area (Å²) in [7, 11) is 0. The summed E-state index contributed by atoms with van der Waals surface area (Å²) in [5, 5.41) is 0.530. The van der Waals surface area contributed by atoms with Crippen LogP contribution in [0.2, 0.25) is 5.02 Å². The quantitative estimate of drug-likeness (QED) is 0.809. The lowest BCUT2D eigenvalue weighted by Gasteiger charge is -2.15. The summed E-state index contributed by atoms with van der Waals surface area (Å²) in [6.07, 6.45) is 3.83. The molecule has 0 aromatic heterocycles.